The quantitative estimate of drug-likeness (QED) is 0.349. The van der Waals surface area contributed by atoms with E-state index < -0.39 is 17.7 Å². The Labute approximate surface area is 235 Å². The van der Waals surface area contributed by atoms with Crippen LogP contribution in [-0.2, 0) is 0 Å². The topological polar surface area (TPSA) is 125 Å². The van der Waals surface area contributed by atoms with Gasteiger partial charge in [0.1, 0.15) is 23.6 Å². The van der Waals surface area contributed by atoms with Crippen molar-refractivity contribution in [3.8, 4) is 0 Å². The molecule has 4 aromatic rings. The van der Waals surface area contributed by atoms with Gasteiger partial charge in [0.2, 0.25) is 5.89 Å². The molecule has 2 saturated heterocycles. The highest BCUT2D eigenvalue weighted by atomic mass is 19.1. The molecule has 216 valence electrons. The molecule has 0 aliphatic carbocycles. The van der Waals surface area contributed by atoms with Crippen LogP contribution in [-0.4, -0.2) is 72.9 Å². The molecule has 2 aliphatic heterocycles. The van der Waals surface area contributed by atoms with Gasteiger partial charge in [0, 0.05) is 49.9 Å². The molecule has 3 aromatic heterocycles. The first kappa shape index (κ1) is 27.1. The molecule has 0 unspecified atom stereocenters. The van der Waals surface area contributed by atoms with Crippen LogP contribution < -0.4 is 10.2 Å². The van der Waals surface area contributed by atoms with Gasteiger partial charge in [-0.2, -0.15) is 4.98 Å². The van der Waals surface area contributed by atoms with E-state index in [2.05, 4.69) is 30.3 Å². The van der Waals surface area contributed by atoms with Gasteiger partial charge >= 0.3 is 0 Å². The van der Waals surface area contributed by atoms with Crippen LogP contribution in [0.25, 0.3) is 11.0 Å². The summed E-state index contributed by atoms with van der Waals surface area (Å²) in [5, 5.41) is 17.0. The number of rotatable bonds is 6. The molecule has 5 heterocycles. The van der Waals surface area contributed by atoms with E-state index in [1.165, 1.54) is 29.6 Å². The summed E-state index contributed by atoms with van der Waals surface area (Å²) in [4.78, 5) is 29.4. The average Bonchev–Trinajstić information content (AvgIpc) is 3.60. The largest absolute Gasteiger partial charge is 0.391 e. The fourth-order valence-corrected chi connectivity index (χ4v) is 5.55. The lowest BCUT2D eigenvalue weighted by atomic mass is 10.1. The maximum Gasteiger partial charge on any atom is 0.266 e. The number of amides is 1. The van der Waals surface area contributed by atoms with Crippen molar-refractivity contribution >= 4 is 34.4 Å². The zero-order valence-corrected chi connectivity index (χ0v) is 22.9. The van der Waals surface area contributed by atoms with Gasteiger partial charge in [0.25, 0.3) is 11.9 Å². The normalized spacial score (nSPS) is 18.4. The first-order valence-corrected chi connectivity index (χ1v) is 13.9. The number of anilines is 3. The summed E-state index contributed by atoms with van der Waals surface area (Å²) < 4.78 is 37.6. The lowest BCUT2D eigenvalue weighted by molar-refractivity contribution is 0.0473. The molecule has 0 spiro atoms. The second kappa shape index (κ2) is 11.0. The number of benzene rings is 1. The van der Waals surface area contributed by atoms with Crippen molar-refractivity contribution in [2.75, 3.05) is 36.4 Å². The summed E-state index contributed by atoms with van der Waals surface area (Å²) in [5.74, 6) is -0.0875. The van der Waals surface area contributed by atoms with Gasteiger partial charge in [0.15, 0.2) is 5.82 Å². The molecule has 13 heteroatoms. The van der Waals surface area contributed by atoms with Gasteiger partial charge < -0.3 is 29.3 Å². The number of hydrogen-bond donors (Lipinski definition) is 2. The van der Waals surface area contributed by atoms with Crippen LogP contribution in [0.3, 0.4) is 0 Å². The highest BCUT2D eigenvalue weighted by molar-refractivity contribution is 5.95. The fraction of sp³-hybridized carbons (Fsp3) is 0.464. The maximum atomic E-state index is 15.3. The Morgan fingerprint density at radius 3 is 2.63 bits per heavy atom. The molecule has 1 amide bonds. The van der Waals surface area contributed by atoms with E-state index in [1.807, 2.05) is 18.4 Å². The van der Waals surface area contributed by atoms with E-state index in [0.717, 1.165) is 18.9 Å². The molecule has 11 nitrogen and oxygen atoms in total. The number of piperidine rings is 2. The van der Waals surface area contributed by atoms with Crippen molar-refractivity contribution in [2.24, 2.45) is 0 Å². The van der Waals surface area contributed by atoms with Crippen LogP contribution in [0.1, 0.15) is 67.7 Å². The third-order valence-corrected chi connectivity index (χ3v) is 7.78. The van der Waals surface area contributed by atoms with Crippen LogP contribution in [0.5, 0.6) is 0 Å². The average molecular weight is 567 g/mol. The van der Waals surface area contributed by atoms with E-state index in [-0.39, 0.29) is 46.9 Å². The minimum absolute atomic E-state index is 0.00666. The third kappa shape index (κ3) is 5.33. The van der Waals surface area contributed by atoms with E-state index in [1.54, 1.807) is 0 Å². The van der Waals surface area contributed by atoms with Crippen LogP contribution in [0.15, 0.2) is 35.2 Å². The molecular weight excluding hydrogens is 534 g/mol. The Balaban J connectivity index is 1.18. The number of nitrogens with zero attached hydrogens (tertiary/aromatic N) is 7. The number of aliphatic hydroxyl groups excluding tert-OH is 1. The summed E-state index contributed by atoms with van der Waals surface area (Å²) in [5.41, 5.74) is 0.650. The van der Waals surface area contributed by atoms with Crippen LogP contribution in [0, 0.1) is 11.6 Å². The Morgan fingerprint density at radius 1 is 1.12 bits per heavy atom. The van der Waals surface area contributed by atoms with Crippen molar-refractivity contribution < 1.29 is 23.2 Å². The lowest BCUT2D eigenvalue weighted by Crippen LogP contribution is -2.42. The summed E-state index contributed by atoms with van der Waals surface area (Å²) in [6.45, 7) is 6.08. The van der Waals surface area contributed by atoms with Crippen LogP contribution in [0.2, 0.25) is 0 Å². The molecule has 0 bridgehead atoms. The SMILES string of the molecule is CC(C)c1nc(N2CCC(n3cc(F)c4c(Nc5ccc(C(=O)N6CCC[C@@H](O)C6)cc5F)ncnc43)CC2)no1. The monoisotopic (exact) mass is 566 g/mol. The number of carbonyl (C=O) groups is 1. The Morgan fingerprint density at radius 2 is 1.93 bits per heavy atom. The summed E-state index contributed by atoms with van der Waals surface area (Å²) in [7, 11) is 0. The van der Waals surface area contributed by atoms with E-state index in [0.29, 0.717) is 50.0 Å². The molecule has 1 atom stereocenters. The summed E-state index contributed by atoms with van der Waals surface area (Å²) in [6.07, 6.45) is 4.95. The molecule has 2 fully saturated rings. The number of halogens is 2. The Hall–Kier alpha value is -4.13. The molecule has 1 aromatic carbocycles. The number of aliphatic hydroxyl groups is 1. The van der Waals surface area contributed by atoms with E-state index in [4.69, 9.17) is 4.52 Å². The number of likely N-dealkylation sites (tertiary alicyclic amines) is 1. The highest BCUT2D eigenvalue weighted by Gasteiger charge is 2.28. The molecule has 2 N–H and O–H groups in total. The molecule has 41 heavy (non-hydrogen) atoms. The van der Waals surface area contributed by atoms with Crippen molar-refractivity contribution in [1.29, 1.82) is 0 Å². The van der Waals surface area contributed by atoms with Crippen molar-refractivity contribution in [3.05, 3.63) is 53.8 Å². The number of fused-ring (bicyclic) bond motifs is 1. The van der Waals surface area contributed by atoms with E-state index in [9.17, 15) is 9.90 Å². The van der Waals surface area contributed by atoms with Gasteiger partial charge in [-0.3, -0.25) is 4.79 Å². The zero-order valence-electron chi connectivity index (χ0n) is 22.9. The first-order chi connectivity index (χ1) is 19.8. The predicted molar refractivity (Wildman–Crippen MR) is 147 cm³/mol. The third-order valence-electron chi connectivity index (χ3n) is 7.78. The lowest BCUT2D eigenvalue weighted by Gasteiger charge is -2.31. The maximum absolute atomic E-state index is 15.3. The van der Waals surface area contributed by atoms with Gasteiger partial charge in [-0.1, -0.05) is 13.8 Å². The van der Waals surface area contributed by atoms with Crippen molar-refractivity contribution in [1.82, 2.24) is 29.6 Å². The number of hydrogen-bond acceptors (Lipinski definition) is 9. The molecule has 6 rings (SSSR count). The summed E-state index contributed by atoms with van der Waals surface area (Å²) in [6, 6.07) is 4.08. The Bertz CT molecular complexity index is 1560. The highest BCUT2D eigenvalue weighted by Crippen LogP contribution is 2.34. The molecular formula is C28H32F2N8O3. The zero-order chi connectivity index (χ0) is 28.7. The smallest absolute Gasteiger partial charge is 0.266 e. The minimum Gasteiger partial charge on any atom is -0.391 e. The second-order valence-electron chi connectivity index (χ2n) is 11.0. The fourth-order valence-electron chi connectivity index (χ4n) is 5.55. The number of β-amino-alcohol motifs (C(OH)–C–C–N with tert-alkyl or cyclic N) is 1. The number of carbonyl (C=O) groups excluding carboxylic acids is 1. The van der Waals surface area contributed by atoms with Gasteiger partial charge in [-0.25, -0.2) is 18.7 Å². The first-order valence-electron chi connectivity index (χ1n) is 13.9. The van der Waals surface area contributed by atoms with Crippen LogP contribution in [0.4, 0.5) is 26.2 Å². The van der Waals surface area contributed by atoms with Crippen molar-refractivity contribution in [3.63, 3.8) is 0 Å². The standard InChI is InChI=1S/C28H32F2N8O3/c1-16(2)26-34-28(35-41-26)36-10-7-18(8-11-36)38-14-21(30)23-24(31-15-32-25(23)38)33-22-6-5-17(12-20(22)29)27(40)37-9-3-4-19(39)13-37/h5-6,12,14-16,18-19,39H,3-4,7-11,13H2,1-2H3,(H,31,32,33)/t19-/m1/s1. The van der Waals surface area contributed by atoms with Gasteiger partial charge in [-0.15, -0.1) is 0 Å². The van der Waals surface area contributed by atoms with Crippen molar-refractivity contribution in [2.45, 2.75) is 57.6 Å². The minimum atomic E-state index is -0.672. The molecule has 2 aliphatic rings. The second-order valence-corrected chi connectivity index (χ2v) is 11.0. The number of nitrogens with one attached hydrogen (secondary N) is 1. The summed E-state index contributed by atoms with van der Waals surface area (Å²) >= 11 is 0. The number of aromatic nitrogens is 5. The molecule has 0 saturated carbocycles. The van der Waals surface area contributed by atoms with E-state index >= 15 is 8.78 Å². The van der Waals surface area contributed by atoms with Gasteiger partial charge in [-0.05, 0) is 49.0 Å². The van der Waals surface area contributed by atoms with Crippen LogP contribution >= 0.6 is 0 Å². The van der Waals surface area contributed by atoms with Gasteiger partial charge in [0.05, 0.1) is 17.2 Å². The Kier molecular flexibility index (Phi) is 7.28. The molecule has 0 radical (unpaired) electrons. The predicted octanol–water partition coefficient (Wildman–Crippen LogP) is 4.40.